The second-order valence-corrected chi connectivity index (χ2v) is 4.53. The molecule has 0 aliphatic rings. The van der Waals surface area contributed by atoms with Crippen LogP contribution in [0.5, 0.6) is 0 Å². The van der Waals surface area contributed by atoms with Gasteiger partial charge in [0, 0.05) is 19.3 Å². The molecule has 0 saturated heterocycles. The van der Waals surface area contributed by atoms with Crippen LogP contribution in [-0.2, 0) is 6.54 Å². The number of hydrogen-bond acceptors (Lipinski definition) is 4. The highest BCUT2D eigenvalue weighted by atomic mass is 15.1. The van der Waals surface area contributed by atoms with Crippen molar-refractivity contribution in [1.82, 2.24) is 9.97 Å². The summed E-state index contributed by atoms with van der Waals surface area (Å²) < 4.78 is 0. The molecule has 2 rings (SSSR count). The van der Waals surface area contributed by atoms with Gasteiger partial charge in [0.2, 0.25) is 5.95 Å². The predicted octanol–water partition coefficient (Wildman–Crippen LogP) is 3.22. The lowest BCUT2D eigenvalue weighted by Gasteiger charge is -2.08. The minimum absolute atomic E-state index is 0.654. The molecule has 0 aliphatic heterocycles. The number of rotatable bonds is 6. The Labute approximate surface area is 114 Å². The zero-order valence-corrected chi connectivity index (χ0v) is 11.5. The van der Waals surface area contributed by atoms with Gasteiger partial charge in [0.15, 0.2) is 0 Å². The molecule has 1 aromatic heterocycles. The van der Waals surface area contributed by atoms with E-state index < -0.39 is 0 Å². The summed E-state index contributed by atoms with van der Waals surface area (Å²) in [6, 6.07) is 10.3. The molecule has 0 spiro atoms. The number of aryl methyl sites for hydroxylation is 1. The Hall–Kier alpha value is -2.10. The van der Waals surface area contributed by atoms with E-state index >= 15 is 0 Å². The number of aromatic nitrogens is 2. The first-order valence-corrected chi connectivity index (χ1v) is 6.64. The van der Waals surface area contributed by atoms with E-state index in [0.717, 1.165) is 25.3 Å². The lowest BCUT2D eigenvalue weighted by Crippen LogP contribution is -2.07. The average molecular weight is 256 g/mol. The molecule has 19 heavy (non-hydrogen) atoms. The Morgan fingerprint density at radius 2 is 1.84 bits per heavy atom. The van der Waals surface area contributed by atoms with Crippen molar-refractivity contribution in [2.24, 2.45) is 0 Å². The van der Waals surface area contributed by atoms with Crippen molar-refractivity contribution in [1.29, 1.82) is 0 Å². The second kappa shape index (κ2) is 6.73. The predicted molar refractivity (Wildman–Crippen MR) is 79.3 cm³/mol. The second-order valence-electron chi connectivity index (χ2n) is 4.53. The van der Waals surface area contributed by atoms with E-state index in [2.05, 4.69) is 58.7 Å². The lowest BCUT2D eigenvalue weighted by atomic mass is 10.1. The van der Waals surface area contributed by atoms with Gasteiger partial charge in [-0.1, -0.05) is 36.8 Å². The van der Waals surface area contributed by atoms with Gasteiger partial charge < -0.3 is 10.6 Å². The number of benzene rings is 1. The number of nitrogens with one attached hydrogen (secondary N) is 2. The molecule has 0 fully saturated rings. The van der Waals surface area contributed by atoms with Gasteiger partial charge in [-0.05, 0) is 25.0 Å². The van der Waals surface area contributed by atoms with E-state index in [-0.39, 0.29) is 0 Å². The van der Waals surface area contributed by atoms with E-state index in [4.69, 9.17) is 0 Å². The molecule has 0 unspecified atom stereocenters. The molecule has 1 heterocycles. The normalized spacial score (nSPS) is 10.2. The minimum Gasteiger partial charge on any atom is -0.370 e. The van der Waals surface area contributed by atoms with E-state index in [9.17, 15) is 0 Å². The zero-order chi connectivity index (χ0) is 13.5. The first kappa shape index (κ1) is 13.3. The standard InChI is InChI=1S/C15H20N4/c1-3-9-16-14-8-10-17-15(19-14)18-11-13-6-4-12(2)5-7-13/h4-8,10H,3,9,11H2,1-2H3,(H2,16,17,18,19). The third-order valence-corrected chi connectivity index (χ3v) is 2.78. The van der Waals surface area contributed by atoms with Crippen LogP contribution < -0.4 is 10.6 Å². The summed E-state index contributed by atoms with van der Waals surface area (Å²) in [7, 11) is 0. The first-order chi connectivity index (χ1) is 9.28. The Bertz CT molecular complexity index is 508. The van der Waals surface area contributed by atoms with Gasteiger partial charge in [0.05, 0.1) is 0 Å². The van der Waals surface area contributed by atoms with Crippen molar-refractivity contribution in [3.05, 3.63) is 47.7 Å². The third-order valence-electron chi connectivity index (χ3n) is 2.78. The summed E-state index contributed by atoms with van der Waals surface area (Å²) in [6.07, 6.45) is 2.85. The van der Waals surface area contributed by atoms with Crippen LogP contribution in [0, 0.1) is 6.92 Å². The van der Waals surface area contributed by atoms with Crippen molar-refractivity contribution in [2.75, 3.05) is 17.2 Å². The maximum Gasteiger partial charge on any atom is 0.224 e. The average Bonchev–Trinajstić information content (AvgIpc) is 2.45. The molecule has 2 N–H and O–H groups in total. The van der Waals surface area contributed by atoms with Crippen LogP contribution in [0.15, 0.2) is 36.5 Å². The summed E-state index contributed by atoms with van der Waals surface area (Å²) in [6.45, 7) is 5.87. The molecule has 4 heteroatoms. The van der Waals surface area contributed by atoms with E-state index in [1.165, 1.54) is 11.1 Å². The molecule has 100 valence electrons. The van der Waals surface area contributed by atoms with Gasteiger partial charge in [0.1, 0.15) is 5.82 Å². The molecule has 0 aliphatic carbocycles. The molecule has 2 aromatic rings. The SMILES string of the molecule is CCCNc1ccnc(NCc2ccc(C)cc2)n1. The quantitative estimate of drug-likeness (QED) is 0.833. The summed E-state index contributed by atoms with van der Waals surface area (Å²) in [5.74, 6) is 1.52. The van der Waals surface area contributed by atoms with Gasteiger partial charge in [0.25, 0.3) is 0 Å². The summed E-state index contributed by atoms with van der Waals surface area (Å²) in [5.41, 5.74) is 2.49. The van der Waals surface area contributed by atoms with Crippen molar-refractivity contribution in [3.63, 3.8) is 0 Å². The number of hydrogen-bond donors (Lipinski definition) is 2. The van der Waals surface area contributed by atoms with E-state index in [1.807, 2.05) is 6.07 Å². The highest BCUT2D eigenvalue weighted by Gasteiger charge is 1.99. The molecule has 0 amide bonds. The van der Waals surface area contributed by atoms with Crippen molar-refractivity contribution in [3.8, 4) is 0 Å². The van der Waals surface area contributed by atoms with Crippen molar-refractivity contribution >= 4 is 11.8 Å². The Balaban J connectivity index is 1.93. The van der Waals surface area contributed by atoms with Crippen LogP contribution in [0.25, 0.3) is 0 Å². The largest absolute Gasteiger partial charge is 0.370 e. The van der Waals surface area contributed by atoms with E-state index in [0.29, 0.717) is 5.95 Å². The van der Waals surface area contributed by atoms with Gasteiger partial charge in [-0.25, -0.2) is 4.98 Å². The lowest BCUT2D eigenvalue weighted by molar-refractivity contribution is 0.961. The fourth-order valence-corrected chi connectivity index (χ4v) is 1.68. The maximum absolute atomic E-state index is 4.41. The fraction of sp³-hybridized carbons (Fsp3) is 0.333. The zero-order valence-electron chi connectivity index (χ0n) is 11.5. The molecule has 0 bridgehead atoms. The maximum atomic E-state index is 4.41. The highest BCUT2D eigenvalue weighted by molar-refractivity contribution is 5.39. The van der Waals surface area contributed by atoms with Gasteiger partial charge in [-0.2, -0.15) is 4.98 Å². The highest BCUT2D eigenvalue weighted by Crippen LogP contribution is 2.08. The summed E-state index contributed by atoms with van der Waals surface area (Å²) in [5, 5.41) is 6.48. The first-order valence-electron chi connectivity index (χ1n) is 6.64. The molecular formula is C15H20N4. The molecular weight excluding hydrogens is 236 g/mol. The van der Waals surface area contributed by atoms with Crippen LogP contribution >= 0.6 is 0 Å². The molecule has 0 atom stereocenters. The van der Waals surface area contributed by atoms with Gasteiger partial charge >= 0.3 is 0 Å². The topological polar surface area (TPSA) is 49.8 Å². The minimum atomic E-state index is 0.654. The van der Waals surface area contributed by atoms with Crippen molar-refractivity contribution in [2.45, 2.75) is 26.8 Å². The van der Waals surface area contributed by atoms with Crippen LogP contribution in [0.1, 0.15) is 24.5 Å². The molecule has 4 nitrogen and oxygen atoms in total. The fourth-order valence-electron chi connectivity index (χ4n) is 1.68. The monoisotopic (exact) mass is 256 g/mol. The number of anilines is 2. The smallest absolute Gasteiger partial charge is 0.224 e. The van der Waals surface area contributed by atoms with Crippen LogP contribution in [0.3, 0.4) is 0 Å². The van der Waals surface area contributed by atoms with Gasteiger partial charge in [-0.15, -0.1) is 0 Å². The Morgan fingerprint density at radius 3 is 2.58 bits per heavy atom. The Kier molecular flexibility index (Phi) is 4.72. The molecule has 0 saturated carbocycles. The number of nitrogens with zero attached hydrogens (tertiary/aromatic N) is 2. The third kappa shape index (κ3) is 4.25. The molecule has 0 radical (unpaired) electrons. The molecule has 1 aromatic carbocycles. The van der Waals surface area contributed by atoms with Crippen LogP contribution in [0.2, 0.25) is 0 Å². The Morgan fingerprint density at radius 1 is 1.05 bits per heavy atom. The summed E-state index contributed by atoms with van der Waals surface area (Å²) in [4.78, 5) is 8.63. The van der Waals surface area contributed by atoms with Crippen molar-refractivity contribution < 1.29 is 0 Å². The van der Waals surface area contributed by atoms with Gasteiger partial charge in [-0.3, -0.25) is 0 Å². The van der Waals surface area contributed by atoms with E-state index in [1.54, 1.807) is 6.20 Å². The summed E-state index contributed by atoms with van der Waals surface area (Å²) >= 11 is 0. The van der Waals surface area contributed by atoms with Crippen LogP contribution in [-0.4, -0.2) is 16.5 Å². The van der Waals surface area contributed by atoms with Crippen LogP contribution in [0.4, 0.5) is 11.8 Å².